The quantitative estimate of drug-likeness (QED) is 0.0993. The van der Waals surface area contributed by atoms with Crippen molar-refractivity contribution < 1.29 is 28.8 Å². The number of carbonyl (C=O) groups excluding carboxylic acids is 3. The van der Waals surface area contributed by atoms with Gasteiger partial charge >= 0.3 is 6.03 Å². The molecule has 3 aromatic carbocycles. The van der Waals surface area contributed by atoms with Gasteiger partial charge < -0.3 is 9.47 Å². The Morgan fingerprint density at radius 1 is 1.05 bits per heavy atom. The summed E-state index contributed by atoms with van der Waals surface area (Å²) in [5.74, 6) is -0.960. The normalized spacial score (nSPS) is 14.4. The number of ether oxygens (including phenoxy) is 2. The van der Waals surface area contributed by atoms with Crippen LogP contribution in [0.2, 0.25) is 10.0 Å². The summed E-state index contributed by atoms with van der Waals surface area (Å²) >= 11 is 14.3. The third-order valence-corrected chi connectivity index (χ3v) is 6.84. The Labute approximate surface area is 245 Å². The van der Waals surface area contributed by atoms with Crippen molar-refractivity contribution in [3.63, 3.8) is 0 Å². The zero-order chi connectivity index (χ0) is 28.3. The van der Waals surface area contributed by atoms with Crippen molar-refractivity contribution in [2.24, 2.45) is 0 Å². The number of carbonyl (C=O) groups is 3. The number of anilines is 1. The van der Waals surface area contributed by atoms with Gasteiger partial charge in [0.05, 0.1) is 20.8 Å². The molecule has 4 amide bonds. The predicted octanol–water partition coefficient (Wildman–Crippen LogP) is 6.15. The number of benzene rings is 3. The highest BCUT2D eigenvalue weighted by Gasteiger charge is 2.37. The van der Waals surface area contributed by atoms with E-state index in [-0.39, 0.29) is 23.6 Å². The van der Waals surface area contributed by atoms with Crippen LogP contribution >= 0.6 is 45.8 Å². The van der Waals surface area contributed by atoms with Crippen LogP contribution in [0.4, 0.5) is 16.2 Å². The molecular weight excluding hydrogens is 664 g/mol. The van der Waals surface area contributed by atoms with Crippen LogP contribution in [-0.4, -0.2) is 29.4 Å². The molecule has 1 aliphatic heterocycles. The third kappa shape index (κ3) is 6.32. The molecule has 1 N–H and O–H groups in total. The van der Waals surface area contributed by atoms with E-state index < -0.39 is 22.8 Å². The summed E-state index contributed by atoms with van der Waals surface area (Å²) in [6.07, 6.45) is 1.33. The third-order valence-electron chi connectivity index (χ3n) is 5.45. The van der Waals surface area contributed by atoms with Gasteiger partial charge in [-0.2, -0.15) is 0 Å². The fraction of sp³-hybridized carbons (Fsp3) is 0.115. The molecule has 1 fully saturated rings. The van der Waals surface area contributed by atoms with E-state index in [4.69, 9.17) is 32.7 Å². The second-order valence-electron chi connectivity index (χ2n) is 8.02. The molecule has 0 aromatic heterocycles. The number of nitrogens with zero attached hydrogens (tertiary/aromatic N) is 2. The lowest BCUT2D eigenvalue weighted by molar-refractivity contribution is -0.384. The molecule has 0 atom stereocenters. The molecule has 13 heteroatoms. The Hall–Kier alpha value is -3.68. The van der Waals surface area contributed by atoms with Gasteiger partial charge in [0.2, 0.25) is 0 Å². The lowest BCUT2D eigenvalue weighted by atomic mass is 10.1. The highest BCUT2D eigenvalue weighted by molar-refractivity contribution is 14.1. The number of urea groups is 1. The van der Waals surface area contributed by atoms with Crippen molar-refractivity contribution in [1.82, 2.24) is 5.32 Å². The monoisotopic (exact) mass is 681 g/mol. The average Bonchev–Trinajstić information content (AvgIpc) is 2.87. The molecule has 0 bridgehead atoms. The zero-order valence-corrected chi connectivity index (χ0v) is 23.7. The summed E-state index contributed by atoms with van der Waals surface area (Å²) in [7, 11) is 0. The Bertz CT molecular complexity index is 1530. The molecule has 39 heavy (non-hydrogen) atoms. The molecule has 1 aliphatic rings. The number of non-ortho nitro benzene ring substituents is 1. The molecule has 0 saturated carbocycles. The van der Waals surface area contributed by atoms with Gasteiger partial charge in [-0.25, -0.2) is 9.69 Å². The predicted molar refractivity (Wildman–Crippen MR) is 153 cm³/mol. The van der Waals surface area contributed by atoms with Crippen LogP contribution in [0.5, 0.6) is 11.5 Å². The van der Waals surface area contributed by atoms with Gasteiger partial charge in [0.25, 0.3) is 17.5 Å². The minimum absolute atomic E-state index is 0.0655. The maximum Gasteiger partial charge on any atom is 0.335 e. The average molecular weight is 682 g/mol. The molecule has 200 valence electrons. The Morgan fingerprint density at radius 2 is 1.77 bits per heavy atom. The summed E-state index contributed by atoms with van der Waals surface area (Å²) in [6.45, 7) is 2.25. The van der Waals surface area contributed by atoms with E-state index in [1.54, 1.807) is 37.3 Å². The van der Waals surface area contributed by atoms with E-state index in [0.717, 1.165) is 17.0 Å². The number of hydrogen-bond donors (Lipinski definition) is 1. The number of halogens is 3. The minimum atomic E-state index is -0.967. The summed E-state index contributed by atoms with van der Waals surface area (Å²) < 4.78 is 12.4. The number of nitro benzene ring substituents is 1. The second-order valence-corrected chi connectivity index (χ2v) is 10.0. The van der Waals surface area contributed by atoms with Gasteiger partial charge in [-0.1, -0.05) is 29.3 Å². The van der Waals surface area contributed by atoms with Crippen molar-refractivity contribution in [2.75, 3.05) is 11.5 Å². The largest absolute Gasteiger partial charge is 0.490 e. The first-order valence-corrected chi connectivity index (χ1v) is 13.1. The van der Waals surface area contributed by atoms with E-state index in [2.05, 4.69) is 5.32 Å². The van der Waals surface area contributed by atoms with Crippen LogP contribution in [0, 0.1) is 13.7 Å². The van der Waals surface area contributed by atoms with Crippen molar-refractivity contribution in [1.29, 1.82) is 0 Å². The standard InChI is InChI=1S/C26H18Cl2IN3O7/c1-2-38-22-11-14(10-21(29)23(22)39-13-15-3-4-16(27)12-20(15)28)9-19-24(33)30-26(35)31(25(19)34)17-5-7-18(8-6-17)32(36)37/h3-12H,2,13H2,1H3,(H,30,33,35)/b19-9+. The first-order valence-electron chi connectivity index (χ1n) is 11.3. The second kappa shape index (κ2) is 12.0. The van der Waals surface area contributed by atoms with E-state index in [0.29, 0.717) is 42.8 Å². The van der Waals surface area contributed by atoms with E-state index in [1.807, 2.05) is 22.6 Å². The molecule has 0 unspecified atom stereocenters. The lowest BCUT2D eigenvalue weighted by Gasteiger charge is -2.26. The van der Waals surface area contributed by atoms with Crippen LogP contribution in [0.25, 0.3) is 6.08 Å². The summed E-state index contributed by atoms with van der Waals surface area (Å²) in [6, 6.07) is 12.2. The van der Waals surface area contributed by atoms with Crippen molar-refractivity contribution >= 4 is 81.1 Å². The fourth-order valence-electron chi connectivity index (χ4n) is 3.64. The van der Waals surface area contributed by atoms with Crippen LogP contribution in [0.1, 0.15) is 18.1 Å². The van der Waals surface area contributed by atoms with Gasteiger partial charge in [-0.05, 0) is 77.6 Å². The topological polar surface area (TPSA) is 128 Å². The SMILES string of the molecule is CCOc1cc(/C=C2\C(=O)NC(=O)N(c3ccc([N+](=O)[O-])cc3)C2=O)cc(I)c1OCc1ccc(Cl)cc1Cl. The van der Waals surface area contributed by atoms with Crippen LogP contribution in [-0.2, 0) is 16.2 Å². The summed E-state index contributed by atoms with van der Waals surface area (Å²) in [5, 5.41) is 14.0. The van der Waals surface area contributed by atoms with Crippen LogP contribution < -0.4 is 19.7 Å². The highest BCUT2D eigenvalue weighted by Crippen LogP contribution is 2.36. The molecule has 0 radical (unpaired) electrons. The minimum Gasteiger partial charge on any atom is -0.490 e. The molecule has 4 rings (SSSR count). The molecule has 0 spiro atoms. The summed E-state index contributed by atoms with van der Waals surface area (Å²) in [5.41, 5.74) is 0.694. The zero-order valence-electron chi connectivity index (χ0n) is 20.1. The molecule has 0 aliphatic carbocycles. The van der Waals surface area contributed by atoms with Gasteiger partial charge in [0.1, 0.15) is 12.2 Å². The Balaban J connectivity index is 1.65. The van der Waals surface area contributed by atoms with Crippen LogP contribution in [0.15, 0.2) is 60.2 Å². The molecule has 3 aromatic rings. The first-order chi connectivity index (χ1) is 18.6. The molecular formula is C26H18Cl2IN3O7. The van der Waals surface area contributed by atoms with E-state index in [9.17, 15) is 24.5 Å². The highest BCUT2D eigenvalue weighted by atomic mass is 127. The van der Waals surface area contributed by atoms with Crippen LogP contribution in [0.3, 0.4) is 0 Å². The summed E-state index contributed by atoms with van der Waals surface area (Å²) in [4.78, 5) is 49.3. The van der Waals surface area contributed by atoms with Crippen molar-refractivity contribution in [2.45, 2.75) is 13.5 Å². The molecule has 1 saturated heterocycles. The number of amides is 4. The lowest BCUT2D eigenvalue weighted by Crippen LogP contribution is -2.54. The van der Waals surface area contributed by atoms with E-state index in [1.165, 1.54) is 18.2 Å². The number of imide groups is 2. The maximum absolute atomic E-state index is 13.2. The van der Waals surface area contributed by atoms with Gasteiger partial charge in [0, 0.05) is 27.7 Å². The Morgan fingerprint density at radius 3 is 2.41 bits per heavy atom. The maximum atomic E-state index is 13.2. The van der Waals surface area contributed by atoms with Gasteiger partial charge in [-0.15, -0.1) is 0 Å². The first kappa shape index (κ1) is 28.3. The number of barbiturate groups is 1. The Kier molecular flexibility index (Phi) is 8.73. The smallest absolute Gasteiger partial charge is 0.335 e. The van der Waals surface area contributed by atoms with Crippen molar-refractivity contribution in [3.8, 4) is 11.5 Å². The number of hydrogen-bond acceptors (Lipinski definition) is 7. The van der Waals surface area contributed by atoms with Crippen molar-refractivity contribution in [3.05, 3.63) is 95.0 Å². The van der Waals surface area contributed by atoms with Gasteiger partial charge in [0.15, 0.2) is 11.5 Å². The number of rotatable bonds is 8. The number of nitro groups is 1. The fourth-order valence-corrected chi connectivity index (χ4v) is 4.89. The molecule has 1 heterocycles. The van der Waals surface area contributed by atoms with Gasteiger partial charge in [-0.3, -0.25) is 25.0 Å². The number of nitrogens with one attached hydrogen (secondary N) is 1. The van der Waals surface area contributed by atoms with E-state index >= 15 is 0 Å². The molecule has 10 nitrogen and oxygen atoms in total.